The Labute approximate surface area is 238 Å². The second kappa shape index (κ2) is 13.9. The maximum absolute atomic E-state index is 11.9. The molecule has 0 aromatic heterocycles. The van der Waals surface area contributed by atoms with Crippen LogP contribution in [0.2, 0.25) is 0 Å². The normalized spacial score (nSPS) is 23.8. The van der Waals surface area contributed by atoms with Crippen LogP contribution in [0.3, 0.4) is 0 Å². The number of anilines is 1. The third kappa shape index (κ3) is 6.92. The van der Waals surface area contributed by atoms with Gasteiger partial charge in [-0.05, 0) is 23.6 Å². The van der Waals surface area contributed by atoms with Crippen molar-refractivity contribution in [2.75, 3.05) is 24.6 Å². The number of benzene rings is 3. The zero-order valence-electron chi connectivity index (χ0n) is 23.6. The van der Waals surface area contributed by atoms with Crippen LogP contribution in [0.25, 0.3) is 0 Å². The summed E-state index contributed by atoms with van der Waals surface area (Å²) in [6.45, 7) is 6.48. The molecule has 212 valence electrons. The van der Waals surface area contributed by atoms with Gasteiger partial charge < -0.3 is 23.8 Å². The number of unbranched alkanes of at least 4 members (excludes halogenated alkanes) is 2. The molecule has 0 amide bonds. The highest BCUT2D eigenvalue weighted by Crippen LogP contribution is 2.47. The topological polar surface area (TPSA) is 57.2 Å². The van der Waals surface area contributed by atoms with Crippen LogP contribution in [0.4, 0.5) is 5.69 Å². The Bertz CT molecular complexity index is 1200. The molecule has 0 bridgehead atoms. The van der Waals surface area contributed by atoms with Gasteiger partial charge in [0.1, 0.15) is 18.8 Å². The van der Waals surface area contributed by atoms with Crippen LogP contribution in [0.15, 0.2) is 84.9 Å². The maximum atomic E-state index is 11.9. The molecule has 0 saturated carbocycles. The molecule has 1 saturated heterocycles. The Morgan fingerprint density at radius 2 is 1.48 bits per heavy atom. The van der Waals surface area contributed by atoms with E-state index in [1.807, 2.05) is 36.4 Å². The number of para-hydroxylation sites is 1. The lowest BCUT2D eigenvalue weighted by molar-refractivity contribution is -0.245. The minimum Gasteiger partial charge on any atom is -0.463 e. The van der Waals surface area contributed by atoms with Crippen molar-refractivity contribution < 1.29 is 23.7 Å². The summed E-state index contributed by atoms with van der Waals surface area (Å²) in [4.78, 5) is 14.4. The summed E-state index contributed by atoms with van der Waals surface area (Å²) in [6.07, 6.45) is 2.20. The Morgan fingerprint density at radius 3 is 2.12 bits per heavy atom. The van der Waals surface area contributed by atoms with Gasteiger partial charge in [0.15, 0.2) is 0 Å². The van der Waals surface area contributed by atoms with Crippen LogP contribution in [-0.4, -0.2) is 44.0 Å². The van der Waals surface area contributed by atoms with Gasteiger partial charge in [-0.25, -0.2) is 0 Å². The fourth-order valence-electron chi connectivity index (χ4n) is 5.92. The molecule has 0 aliphatic carbocycles. The minimum atomic E-state index is -0.464. The van der Waals surface area contributed by atoms with Gasteiger partial charge in [0.2, 0.25) is 0 Å². The average Bonchev–Trinajstić information content (AvgIpc) is 2.99. The smallest absolute Gasteiger partial charge is 0.302 e. The number of esters is 1. The molecule has 6 heteroatoms. The third-order valence-corrected chi connectivity index (χ3v) is 7.89. The van der Waals surface area contributed by atoms with E-state index < -0.39 is 12.2 Å². The van der Waals surface area contributed by atoms with E-state index in [0.717, 1.165) is 36.2 Å². The number of nitrogens with zero attached hydrogens (tertiary/aromatic N) is 1. The lowest BCUT2D eigenvalue weighted by atomic mass is 9.79. The first kappa shape index (κ1) is 28.3. The highest BCUT2D eigenvalue weighted by atomic mass is 16.6. The summed E-state index contributed by atoms with van der Waals surface area (Å²) in [6, 6.07) is 28.9. The maximum Gasteiger partial charge on any atom is 0.302 e. The van der Waals surface area contributed by atoms with Crippen LogP contribution >= 0.6 is 0 Å². The highest BCUT2D eigenvalue weighted by Gasteiger charge is 2.51. The van der Waals surface area contributed by atoms with Crippen LogP contribution in [-0.2, 0) is 37.0 Å². The summed E-state index contributed by atoms with van der Waals surface area (Å²) in [7, 11) is 0. The molecule has 2 aliphatic rings. The number of hydrogen-bond acceptors (Lipinski definition) is 6. The van der Waals surface area contributed by atoms with Gasteiger partial charge in [-0.1, -0.05) is 98.6 Å². The average molecular weight is 544 g/mol. The van der Waals surface area contributed by atoms with E-state index >= 15 is 0 Å². The van der Waals surface area contributed by atoms with E-state index in [0.29, 0.717) is 13.2 Å². The SMILES string of the molecule is CCCCCN1C[C@@H]2[C@@H](OCc3ccccc3)[C@H](OCc3ccccc3)[C@@H](COC(C)=O)O[C@@H]2c2ccccc21. The summed E-state index contributed by atoms with van der Waals surface area (Å²) >= 11 is 0. The second-order valence-electron chi connectivity index (χ2n) is 10.8. The zero-order chi connectivity index (χ0) is 27.7. The number of hydrogen-bond donors (Lipinski definition) is 0. The Hall–Kier alpha value is -3.19. The lowest BCUT2D eigenvalue weighted by Gasteiger charge is -2.51. The largest absolute Gasteiger partial charge is 0.463 e. The van der Waals surface area contributed by atoms with Crippen molar-refractivity contribution in [2.24, 2.45) is 5.92 Å². The molecule has 3 aromatic rings. The van der Waals surface area contributed by atoms with Crippen LogP contribution in [0.5, 0.6) is 0 Å². The van der Waals surface area contributed by atoms with Crippen LogP contribution in [0.1, 0.15) is 55.9 Å². The standard InChI is InChI=1S/C34H41NO5/c1-3-4-13-20-35-21-29-32(28-18-11-12-19-30(28)35)40-31(24-37-25(2)36)34(39-23-27-16-9-6-10-17-27)33(29)38-22-26-14-7-5-8-15-26/h5-12,14-19,29,31-34H,3-4,13,20-24H2,1-2H3/t29-,31+,32+,33+,34+/m0/s1. The highest BCUT2D eigenvalue weighted by molar-refractivity contribution is 5.66. The molecule has 2 aliphatic heterocycles. The van der Waals surface area contributed by atoms with Gasteiger partial charge in [0, 0.05) is 37.2 Å². The van der Waals surface area contributed by atoms with Crippen molar-refractivity contribution in [3.05, 3.63) is 102 Å². The first-order valence-electron chi connectivity index (χ1n) is 14.6. The third-order valence-electron chi connectivity index (χ3n) is 7.89. The van der Waals surface area contributed by atoms with Crippen LogP contribution in [0, 0.1) is 5.92 Å². The molecule has 5 rings (SSSR count). The number of rotatable bonds is 12. The van der Waals surface area contributed by atoms with E-state index in [9.17, 15) is 4.79 Å². The molecule has 0 N–H and O–H groups in total. The van der Waals surface area contributed by atoms with E-state index in [1.54, 1.807) is 0 Å². The van der Waals surface area contributed by atoms with E-state index in [4.69, 9.17) is 18.9 Å². The molecular weight excluding hydrogens is 502 g/mol. The fraction of sp³-hybridized carbons (Fsp3) is 0.441. The van der Waals surface area contributed by atoms with E-state index in [2.05, 4.69) is 60.4 Å². The molecule has 3 aromatic carbocycles. The molecule has 0 unspecified atom stereocenters. The molecule has 5 atom stereocenters. The summed E-state index contributed by atoms with van der Waals surface area (Å²) in [5.41, 5.74) is 4.57. The molecule has 0 radical (unpaired) electrons. The predicted molar refractivity (Wildman–Crippen MR) is 156 cm³/mol. The first-order valence-corrected chi connectivity index (χ1v) is 14.6. The van der Waals surface area contributed by atoms with Crippen molar-refractivity contribution in [3.8, 4) is 0 Å². The van der Waals surface area contributed by atoms with E-state index in [1.165, 1.54) is 25.5 Å². The number of fused-ring (bicyclic) bond motifs is 3. The summed E-state index contributed by atoms with van der Waals surface area (Å²) in [5, 5.41) is 0. The van der Waals surface area contributed by atoms with Gasteiger partial charge in [0.05, 0.1) is 25.4 Å². The Morgan fingerprint density at radius 1 is 0.850 bits per heavy atom. The van der Waals surface area contributed by atoms with Gasteiger partial charge in [0.25, 0.3) is 0 Å². The quantitative estimate of drug-likeness (QED) is 0.192. The van der Waals surface area contributed by atoms with Crippen molar-refractivity contribution in [3.63, 3.8) is 0 Å². The number of ether oxygens (including phenoxy) is 4. The van der Waals surface area contributed by atoms with E-state index in [-0.39, 0.29) is 30.7 Å². The Kier molecular flexibility index (Phi) is 9.87. The summed E-state index contributed by atoms with van der Waals surface area (Å²) < 4.78 is 25.8. The van der Waals surface area contributed by atoms with Gasteiger partial charge in [-0.15, -0.1) is 0 Å². The molecule has 40 heavy (non-hydrogen) atoms. The van der Waals surface area contributed by atoms with Crippen molar-refractivity contribution >= 4 is 11.7 Å². The summed E-state index contributed by atoms with van der Waals surface area (Å²) in [5.74, 6) is -0.282. The minimum absolute atomic E-state index is 0.0505. The number of carbonyl (C=O) groups excluding carboxylic acids is 1. The monoisotopic (exact) mass is 543 g/mol. The predicted octanol–water partition coefficient (Wildman–Crippen LogP) is 6.49. The van der Waals surface area contributed by atoms with Gasteiger partial charge in [-0.3, -0.25) is 4.79 Å². The van der Waals surface area contributed by atoms with Crippen molar-refractivity contribution in [1.82, 2.24) is 0 Å². The molecule has 1 fully saturated rings. The zero-order valence-corrected chi connectivity index (χ0v) is 23.6. The first-order chi connectivity index (χ1) is 19.6. The van der Waals surface area contributed by atoms with Crippen molar-refractivity contribution in [2.45, 2.75) is 70.7 Å². The molecular formula is C34H41NO5. The van der Waals surface area contributed by atoms with Crippen molar-refractivity contribution in [1.29, 1.82) is 0 Å². The Balaban J connectivity index is 1.48. The molecule has 6 nitrogen and oxygen atoms in total. The number of carbonyl (C=O) groups is 1. The van der Waals surface area contributed by atoms with Gasteiger partial charge >= 0.3 is 5.97 Å². The van der Waals surface area contributed by atoms with Gasteiger partial charge in [-0.2, -0.15) is 0 Å². The van der Waals surface area contributed by atoms with Crippen LogP contribution < -0.4 is 4.90 Å². The molecule has 0 spiro atoms. The molecule has 2 heterocycles. The lowest BCUT2D eigenvalue weighted by Crippen LogP contribution is -2.59. The fourth-order valence-corrected chi connectivity index (χ4v) is 5.92. The second-order valence-corrected chi connectivity index (χ2v) is 10.8.